The Balaban J connectivity index is 2.39. The molecule has 0 fully saturated rings. The molecule has 18 heavy (non-hydrogen) atoms. The van der Waals surface area contributed by atoms with Crippen molar-refractivity contribution >= 4 is 31.7 Å². The summed E-state index contributed by atoms with van der Waals surface area (Å²) in [5, 5.41) is 9.60. The van der Waals surface area contributed by atoms with Crippen LogP contribution < -0.4 is 5.32 Å². The Labute approximate surface area is 114 Å². The first-order valence-electron chi connectivity index (χ1n) is 6.00. The highest BCUT2D eigenvalue weighted by molar-refractivity contribution is 6.76. The third kappa shape index (κ3) is 5.73. The van der Waals surface area contributed by atoms with Crippen molar-refractivity contribution in [2.45, 2.75) is 25.7 Å². The molecule has 6 heteroatoms. The fourth-order valence-corrected chi connectivity index (χ4v) is 2.26. The third-order valence-electron chi connectivity index (χ3n) is 2.47. The van der Waals surface area contributed by atoms with E-state index in [4.69, 9.17) is 21.7 Å². The van der Waals surface area contributed by atoms with Gasteiger partial charge in [0.05, 0.1) is 12.2 Å². The Morgan fingerprint density at radius 2 is 2.17 bits per heavy atom. The molecule has 0 unspecified atom stereocenters. The molecule has 4 nitrogen and oxygen atoms in total. The molecule has 1 aromatic heterocycles. The van der Waals surface area contributed by atoms with Crippen molar-refractivity contribution in [3.63, 3.8) is 0 Å². The molecule has 0 amide bonds. The number of nitrogens with one attached hydrogen (secondary N) is 1. The molecule has 0 saturated heterocycles. The maximum atomic E-state index is 7.29. The molecule has 1 heterocycles. The average molecular weight is 287 g/mol. The van der Waals surface area contributed by atoms with E-state index < -0.39 is 8.07 Å². The first kappa shape index (κ1) is 15.3. The van der Waals surface area contributed by atoms with Crippen molar-refractivity contribution in [3.05, 3.63) is 22.8 Å². The van der Waals surface area contributed by atoms with Crippen LogP contribution in [0.2, 0.25) is 30.8 Å². The van der Waals surface area contributed by atoms with Gasteiger partial charge < -0.3 is 10.1 Å². The molecule has 1 aromatic rings. The number of nitrogens with two attached hydrogens (primary N) is 1. The minimum absolute atomic E-state index is 0.439. The van der Waals surface area contributed by atoms with Crippen molar-refractivity contribution in [3.8, 4) is 0 Å². The van der Waals surface area contributed by atoms with Gasteiger partial charge in [0.2, 0.25) is 5.82 Å². The molecule has 0 saturated carbocycles. The molecule has 3 N–H and O–H groups in total. The molecule has 0 aliphatic carbocycles. The van der Waals surface area contributed by atoms with Crippen LogP contribution in [0.5, 0.6) is 0 Å². The Morgan fingerprint density at radius 3 is 2.78 bits per heavy atom. The van der Waals surface area contributed by atoms with Gasteiger partial charge >= 0.3 is 0 Å². The average Bonchev–Trinajstić information content (AvgIpc) is 2.27. The predicted molar refractivity (Wildman–Crippen MR) is 77.7 cm³/mol. The van der Waals surface area contributed by atoms with Gasteiger partial charge in [0.15, 0.2) is 6.73 Å². The van der Waals surface area contributed by atoms with Crippen molar-refractivity contribution in [1.82, 2.24) is 4.98 Å². The number of halogens is 1. The lowest BCUT2D eigenvalue weighted by Gasteiger charge is -2.14. The zero-order valence-corrected chi connectivity index (χ0v) is 12.9. The SMILES string of the molecule is C[Si](C)(C)CCOC[NH2+]c1nc(Cl)ccc1C=N. The standard InChI is InChI=1S/C12H20ClN3OSi/c1-18(2,3)7-6-17-9-15-12-10(8-14)4-5-11(13)16-12/h4-5,8,14H,6-7,9H2,1-3H3,(H,15,16)/p+1. The van der Waals surface area contributed by atoms with Crippen molar-refractivity contribution < 1.29 is 10.1 Å². The van der Waals surface area contributed by atoms with Gasteiger partial charge in [0.1, 0.15) is 5.15 Å². The van der Waals surface area contributed by atoms with Gasteiger partial charge in [-0.15, -0.1) is 0 Å². The van der Waals surface area contributed by atoms with Crippen LogP contribution in [0.3, 0.4) is 0 Å². The highest BCUT2D eigenvalue weighted by Crippen LogP contribution is 2.10. The van der Waals surface area contributed by atoms with Crippen LogP contribution in [0.1, 0.15) is 5.56 Å². The van der Waals surface area contributed by atoms with E-state index in [2.05, 4.69) is 24.6 Å². The monoisotopic (exact) mass is 286 g/mol. The third-order valence-corrected chi connectivity index (χ3v) is 4.38. The molecule has 0 aliphatic rings. The van der Waals surface area contributed by atoms with Crippen LogP contribution in [0.25, 0.3) is 0 Å². The second-order valence-electron chi connectivity index (χ2n) is 5.34. The number of aromatic nitrogens is 1. The Hall–Kier alpha value is -0.753. The summed E-state index contributed by atoms with van der Waals surface area (Å²) in [6.45, 7) is 8.27. The molecule has 0 radical (unpaired) electrons. The Kier molecular flexibility index (Phi) is 5.94. The summed E-state index contributed by atoms with van der Waals surface area (Å²) in [4.78, 5) is 4.18. The number of pyridine rings is 1. The Bertz CT molecular complexity index is 407. The van der Waals surface area contributed by atoms with E-state index in [9.17, 15) is 0 Å². The highest BCUT2D eigenvalue weighted by atomic mass is 35.5. The van der Waals surface area contributed by atoms with Crippen molar-refractivity contribution in [2.75, 3.05) is 13.3 Å². The van der Waals surface area contributed by atoms with Crippen molar-refractivity contribution in [2.24, 2.45) is 0 Å². The van der Waals surface area contributed by atoms with Gasteiger partial charge in [-0.2, -0.15) is 4.98 Å². The van der Waals surface area contributed by atoms with E-state index in [-0.39, 0.29) is 0 Å². The Morgan fingerprint density at radius 1 is 1.44 bits per heavy atom. The van der Waals surface area contributed by atoms with E-state index in [1.807, 2.05) is 5.32 Å². The topological polar surface area (TPSA) is 62.6 Å². The number of ether oxygens (including phenoxy) is 1. The van der Waals surface area contributed by atoms with Crippen LogP contribution in [0.15, 0.2) is 12.1 Å². The lowest BCUT2D eigenvalue weighted by atomic mass is 10.3. The molecule has 1 rings (SSSR count). The summed E-state index contributed by atoms with van der Waals surface area (Å²) in [6, 6.07) is 4.63. The van der Waals surface area contributed by atoms with Gasteiger partial charge in [0, 0.05) is 14.3 Å². The van der Waals surface area contributed by atoms with Gasteiger partial charge in [-0.1, -0.05) is 31.2 Å². The summed E-state index contributed by atoms with van der Waals surface area (Å²) < 4.78 is 5.57. The lowest BCUT2D eigenvalue weighted by Crippen LogP contribution is -2.79. The predicted octanol–water partition coefficient (Wildman–Crippen LogP) is 2.24. The van der Waals surface area contributed by atoms with E-state index in [0.29, 0.717) is 17.7 Å². The maximum Gasteiger partial charge on any atom is 0.236 e. The first-order chi connectivity index (χ1) is 8.42. The summed E-state index contributed by atoms with van der Waals surface area (Å²) in [5.74, 6) is 0.713. The van der Waals surface area contributed by atoms with E-state index >= 15 is 0 Å². The second kappa shape index (κ2) is 6.99. The van der Waals surface area contributed by atoms with Crippen LogP contribution in [0.4, 0.5) is 5.82 Å². The minimum Gasteiger partial charge on any atom is -0.332 e. The summed E-state index contributed by atoms with van der Waals surface area (Å²) >= 11 is 5.83. The highest BCUT2D eigenvalue weighted by Gasteiger charge is 2.12. The molecule has 100 valence electrons. The normalized spacial score (nSPS) is 11.6. The number of nitrogens with zero attached hydrogens (tertiary/aromatic N) is 1. The maximum absolute atomic E-state index is 7.29. The quantitative estimate of drug-likeness (QED) is 0.265. The van der Waals surface area contributed by atoms with Gasteiger partial charge in [-0.3, -0.25) is 5.32 Å². The van der Waals surface area contributed by atoms with E-state index in [1.165, 1.54) is 6.21 Å². The molecule has 0 bridgehead atoms. The lowest BCUT2D eigenvalue weighted by molar-refractivity contribution is -0.614. The molecular formula is C12H21ClN3OSi+. The van der Waals surface area contributed by atoms with Gasteiger partial charge in [-0.05, 0) is 18.2 Å². The molecule has 0 atom stereocenters. The second-order valence-corrected chi connectivity index (χ2v) is 11.4. The van der Waals surface area contributed by atoms with Gasteiger partial charge in [0.25, 0.3) is 0 Å². The molecule has 0 aliphatic heterocycles. The van der Waals surface area contributed by atoms with Gasteiger partial charge in [-0.25, -0.2) is 0 Å². The number of rotatable bonds is 7. The largest absolute Gasteiger partial charge is 0.332 e. The molecule has 0 spiro atoms. The molecule has 0 aromatic carbocycles. The van der Waals surface area contributed by atoms with E-state index in [0.717, 1.165) is 18.2 Å². The van der Waals surface area contributed by atoms with Crippen molar-refractivity contribution in [1.29, 1.82) is 5.41 Å². The zero-order chi connectivity index (χ0) is 13.6. The summed E-state index contributed by atoms with van der Waals surface area (Å²) in [6.07, 6.45) is 1.28. The van der Waals surface area contributed by atoms with Crippen LogP contribution in [-0.4, -0.2) is 32.6 Å². The first-order valence-corrected chi connectivity index (χ1v) is 10.1. The number of hydrogen-bond donors (Lipinski definition) is 2. The fraction of sp³-hybridized carbons (Fsp3) is 0.500. The fourth-order valence-electron chi connectivity index (χ4n) is 1.35. The zero-order valence-electron chi connectivity index (χ0n) is 11.2. The summed E-state index contributed by atoms with van der Waals surface area (Å²) in [5.41, 5.74) is 0.758. The van der Waals surface area contributed by atoms with Crippen LogP contribution in [0, 0.1) is 5.41 Å². The minimum atomic E-state index is -1.03. The number of hydrogen-bond acceptors (Lipinski definition) is 3. The van der Waals surface area contributed by atoms with E-state index in [1.54, 1.807) is 12.1 Å². The van der Waals surface area contributed by atoms with Crippen LogP contribution in [-0.2, 0) is 4.74 Å². The molecular weight excluding hydrogens is 266 g/mol. The van der Waals surface area contributed by atoms with Crippen LogP contribution >= 0.6 is 11.6 Å². The summed E-state index contributed by atoms with van der Waals surface area (Å²) in [7, 11) is -1.03. The number of quaternary nitrogens is 1. The smallest absolute Gasteiger partial charge is 0.236 e.